The van der Waals surface area contributed by atoms with Gasteiger partial charge in [-0.15, -0.1) is 0 Å². The third kappa shape index (κ3) is 4.75. The van der Waals surface area contributed by atoms with Crippen molar-refractivity contribution in [3.63, 3.8) is 0 Å². The minimum atomic E-state index is 0.0705. The van der Waals surface area contributed by atoms with Crippen LogP contribution < -0.4 is 14.8 Å². The van der Waals surface area contributed by atoms with Gasteiger partial charge in [0.2, 0.25) is 12.2 Å². The van der Waals surface area contributed by atoms with Crippen molar-refractivity contribution in [3.8, 4) is 11.5 Å². The van der Waals surface area contributed by atoms with Crippen LogP contribution in [-0.2, 0) is 13.2 Å². The summed E-state index contributed by atoms with van der Waals surface area (Å²) in [4.78, 5) is 3.91. The summed E-state index contributed by atoms with van der Waals surface area (Å²) in [5.74, 6) is 1.84. The molecule has 2 rings (SSSR count). The van der Waals surface area contributed by atoms with Gasteiger partial charge in [-0.2, -0.15) is 4.98 Å². The van der Waals surface area contributed by atoms with Crippen LogP contribution in [0.25, 0.3) is 0 Å². The van der Waals surface area contributed by atoms with E-state index in [4.69, 9.17) is 9.47 Å². The van der Waals surface area contributed by atoms with Crippen molar-refractivity contribution in [2.24, 2.45) is 0 Å². The molecule has 0 spiro atoms. The number of methoxy groups -OCH3 is 1. The van der Waals surface area contributed by atoms with E-state index in [1.54, 1.807) is 7.11 Å². The Kier molecular flexibility index (Phi) is 4.80. The number of ether oxygens (including phenoxy) is 2. The second-order valence-corrected chi connectivity index (χ2v) is 5.72. The lowest BCUT2D eigenvalue weighted by molar-refractivity contribution is 0.269. The molecule has 0 fully saturated rings. The number of nitrogens with zero attached hydrogens (tertiary/aromatic N) is 2. The van der Waals surface area contributed by atoms with Crippen LogP contribution in [0.3, 0.4) is 0 Å². The summed E-state index contributed by atoms with van der Waals surface area (Å²) in [6.45, 7) is 7.41. The van der Waals surface area contributed by atoms with Crippen molar-refractivity contribution in [3.05, 3.63) is 36.0 Å². The first-order chi connectivity index (χ1) is 9.98. The number of aromatic nitrogens is 2. The molecule has 0 aliphatic carbocycles. The molecular weight excluding hydrogens is 270 g/mol. The number of nitrogens with one attached hydrogen (secondary N) is 1. The van der Waals surface area contributed by atoms with Crippen molar-refractivity contribution < 1.29 is 14.0 Å². The summed E-state index contributed by atoms with van der Waals surface area (Å²) in [6, 6.07) is 5.86. The van der Waals surface area contributed by atoms with Gasteiger partial charge >= 0.3 is 0 Å². The van der Waals surface area contributed by atoms with Gasteiger partial charge in [0.05, 0.1) is 7.11 Å². The third-order valence-electron chi connectivity index (χ3n) is 2.81. The van der Waals surface area contributed by atoms with Gasteiger partial charge in [0.25, 0.3) is 0 Å². The standard InChI is InChI=1S/C15H21N3O3/c1-15(2,3)17-8-11-5-6-12(13(7-11)19-4)20-9-14-16-10-21-18-14/h5-7,10,17H,8-9H2,1-4H3. The minimum Gasteiger partial charge on any atom is -0.493 e. The summed E-state index contributed by atoms with van der Waals surface area (Å²) < 4.78 is 15.7. The first kappa shape index (κ1) is 15.3. The van der Waals surface area contributed by atoms with E-state index in [-0.39, 0.29) is 12.1 Å². The molecule has 1 N–H and O–H groups in total. The first-order valence-corrected chi connectivity index (χ1v) is 6.78. The Bertz CT molecular complexity index is 562. The molecule has 0 unspecified atom stereocenters. The molecule has 1 aromatic carbocycles. The van der Waals surface area contributed by atoms with Crippen LogP contribution in [0.2, 0.25) is 0 Å². The van der Waals surface area contributed by atoms with Gasteiger partial charge in [0.15, 0.2) is 18.1 Å². The van der Waals surface area contributed by atoms with Gasteiger partial charge in [0, 0.05) is 12.1 Å². The molecule has 0 aliphatic rings. The molecule has 0 bridgehead atoms. The van der Waals surface area contributed by atoms with Crippen molar-refractivity contribution in [1.29, 1.82) is 0 Å². The Morgan fingerprint density at radius 2 is 2.05 bits per heavy atom. The number of rotatable bonds is 6. The maximum absolute atomic E-state index is 5.64. The van der Waals surface area contributed by atoms with Gasteiger partial charge < -0.3 is 19.3 Å². The Hall–Kier alpha value is -2.08. The summed E-state index contributed by atoms with van der Waals surface area (Å²) in [7, 11) is 1.62. The van der Waals surface area contributed by atoms with Crippen LogP contribution in [0.5, 0.6) is 11.5 Å². The van der Waals surface area contributed by atoms with E-state index in [0.717, 1.165) is 12.1 Å². The molecule has 1 aromatic heterocycles. The lowest BCUT2D eigenvalue weighted by Gasteiger charge is -2.21. The Morgan fingerprint density at radius 1 is 1.24 bits per heavy atom. The van der Waals surface area contributed by atoms with Crippen molar-refractivity contribution in [1.82, 2.24) is 15.5 Å². The maximum atomic E-state index is 5.64. The van der Waals surface area contributed by atoms with Gasteiger partial charge in [-0.05, 0) is 38.5 Å². The zero-order chi connectivity index (χ0) is 15.3. The molecule has 0 amide bonds. The third-order valence-corrected chi connectivity index (χ3v) is 2.81. The lowest BCUT2D eigenvalue weighted by atomic mass is 10.1. The summed E-state index contributed by atoms with van der Waals surface area (Å²) >= 11 is 0. The van der Waals surface area contributed by atoms with E-state index in [0.29, 0.717) is 17.3 Å². The second-order valence-electron chi connectivity index (χ2n) is 5.72. The van der Waals surface area contributed by atoms with Crippen LogP contribution in [0.15, 0.2) is 29.1 Å². The molecule has 0 aliphatic heterocycles. The van der Waals surface area contributed by atoms with Gasteiger partial charge in [-0.25, -0.2) is 0 Å². The molecule has 21 heavy (non-hydrogen) atoms. The minimum absolute atomic E-state index is 0.0705. The molecular formula is C15H21N3O3. The molecule has 0 saturated heterocycles. The van der Waals surface area contributed by atoms with Crippen LogP contribution in [0, 0.1) is 0 Å². The first-order valence-electron chi connectivity index (χ1n) is 6.78. The highest BCUT2D eigenvalue weighted by atomic mass is 16.5. The SMILES string of the molecule is COc1cc(CNC(C)(C)C)ccc1OCc1ncon1. The molecule has 0 radical (unpaired) electrons. The van der Waals surface area contributed by atoms with Crippen LogP contribution in [-0.4, -0.2) is 22.8 Å². The normalized spacial score (nSPS) is 11.4. The highest BCUT2D eigenvalue weighted by Gasteiger charge is 2.11. The van der Waals surface area contributed by atoms with Crippen LogP contribution >= 0.6 is 0 Å². The highest BCUT2D eigenvalue weighted by molar-refractivity contribution is 5.43. The number of benzene rings is 1. The van der Waals surface area contributed by atoms with E-state index in [1.807, 2.05) is 18.2 Å². The average molecular weight is 291 g/mol. The zero-order valence-corrected chi connectivity index (χ0v) is 12.8. The van der Waals surface area contributed by atoms with E-state index >= 15 is 0 Å². The Labute approximate surface area is 124 Å². The van der Waals surface area contributed by atoms with Gasteiger partial charge in [0.1, 0.15) is 0 Å². The zero-order valence-electron chi connectivity index (χ0n) is 12.8. The van der Waals surface area contributed by atoms with E-state index < -0.39 is 0 Å². The molecule has 1 heterocycles. The largest absolute Gasteiger partial charge is 0.493 e. The predicted molar refractivity (Wildman–Crippen MR) is 78.2 cm³/mol. The number of hydrogen-bond donors (Lipinski definition) is 1. The molecule has 6 heteroatoms. The van der Waals surface area contributed by atoms with Gasteiger partial charge in [-0.3, -0.25) is 0 Å². The van der Waals surface area contributed by atoms with Gasteiger partial charge in [-0.1, -0.05) is 11.2 Å². The average Bonchev–Trinajstić information content (AvgIpc) is 2.95. The Morgan fingerprint density at radius 3 is 2.67 bits per heavy atom. The monoisotopic (exact) mass is 291 g/mol. The molecule has 114 valence electrons. The summed E-state index contributed by atoms with van der Waals surface area (Å²) in [5.41, 5.74) is 1.20. The van der Waals surface area contributed by atoms with Crippen LogP contribution in [0.4, 0.5) is 0 Å². The summed E-state index contributed by atoms with van der Waals surface area (Å²) in [5, 5.41) is 7.13. The molecule has 2 aromatic rings. The smallest absolute Gasteiger partial charge is 0.213 e. The fourth-order valence-corrected chi connectivity index (χ4v) is 1.71. The van der Waals surface area contributed by atoms with E-state index in [2.05, 4.69) is 40.8 Å². The van der Waals surface area contributed by atoms with Crippen molar-refractivity contribution in [2.75, 3.05) is 7.11 Å². The maximum Gasteiger partial charge on any atom is 0.213 e. The fraction of sp³-hybridized carbons (Fsp3) is 0.467. The summed E-state index contributed by atoms with van der Waals surface area (Å²) in [6.07, 6.45) is 1.27. The molecule has 0 saturated carbocycles. The highest BCUT2D eigenvalue weighted by Crippen LogP contribution is 2.28. The van der Waals surface area contributed by atoms with Crippen molar-refractivity contribution >= 4 is 0 Å². The second kappa shape index (κ2) is 6.58. The fourth-order valence-electron chi connectivity index (χ4n) is 1.71. The van der Waals surface area contributed by atoms with E-state index in [1.165, 1.54) is 6.39 Å². The predicted octanol–water partition coefficient (Wildman–Crippen LogP) is 2.55. The molecule has 0 atom stereocenters. The topological polar surface area (TPSA) is 69.4 Å². The quantitative estimate of drug-likeness (QED) is 0.882. The lowest BCUT2D eigenvalue weighted by Crippen LogP contribution is -2.35. The Balaban J connectivity index is 2.02. The molecule has 6 nitrogen and oxygen atoms in total. The van der Waals surface area contributed by atoms with E-state index in [9.17, 15) is 0 Å². The van der Waals surface area contributed by atoms with Crippen LogP contribution in [0.1, 0.15) is 32.2 Å². The number of hydrogen-bond acceptors (Lipinski definition) is 6. The van der Waals surface area contributed by atoms with Crippen molar-refractivity contribution in [2.45, 2.75) is 39.5 Å².